The van der Waals surface area contributed by atoms with Crippen molar-refractivity contribution in [3.05, 3.63) is 23.8 Å². The Bertz CT molecular complexity index is 714. The van der Waals surface area contributed by atoms with E-state index in [0.717, 1.165) is 55.3 Å². The quantitative estimate of drug-likeness (QED) is 0.419. The highest BCUT2D eigenvalue weighted by Gasteiger charge is 2.58. The van der Waals surface area contributed by atoms with E-state index in [1.807, 2.05) is 5.57 Å². The summed E-state index contributed by atoms with van der Waals surface area (Å²) in [6, 6.07) is 0. The van der Waals surface area contributed by atoms with Crippen LogP contribution < -0.4 is 0 Å². The minimum Gasteiger partial charge on any atom is -0.300 e. The van der Waals surface area contributed by atoms with E-state index in [1.165, 1.54) is 32.1 Å². The molecule has 0 amide bonds. The van der Waals surface area contributed by atoms with Gasteiger partial charge in [0.15, 0.2) is 0 Å². The topological polar surface area (TPSA) is 17.1 Å². The number of hydrogen-bond donors (Lipinski definition) is 0. The number of carbonyl (C=O) groups excluding carboxylic acids is 1. The Labute approximate surface area is 186 Å². The number of Topliss-reactive ketones (excluding diaryl/α,β-unsaturated/α-hetero) is 1. The zero-order valence-electron chi connectivity index (χ0n) is 20.5. The average Bonchev–Trinajstić information content (AvgIpc) is 3.06. The Kier molecular flexibility index (Phi) is 6.15. The highest BCUT2D eigenvalue weighted by atomic mass is 16.1. The fraction of sp³-hybridized carbons (Fsp3) is 0.828. The Morgan fingerprint density at radius 3 is 2.47 bits per heavy atom. The Morgan fingerprint density at radius 1 is 1.03 bits per heavy atom. The lowest BCUT2D eigenvalue weighted by Crippen LogP contribution is -2.49. The number of carbonyl (C=O) groups is 1. The van der Waals surface area contributed by atoms with Crippen molar-refractivity contribution in [1.29, 1.82) is 0 Å². The largest absolute Gasteiger partial charge is 0.300 e. The third-order valence-corrected chi connectivity index (χ3v) is 10.6. The number of allylic oxidation sites excluding steroid dienone is 4. The molecule has 3 fully saturated rings. The van der Waals surface area contributed by atoms with Crippen LogP contribution in [-0.2, 0) is 4.79 Å². The first-order chi connectivity index (χ1) is 14.2. The predicted molar refractivity (Wildman–Crippen MR) is 127 cm³/mol. The number of ketones is 1. The lowest BCUT2D eigenvalue weighted by Gasteiger charge is -2.57. The van der Waals surface area contributed by atoms with Crippen LogP contribution in [-0.4, -0.2) is 5.78 Å². The third kappa shape index (κ3) is 3.57. The summed E-state index contributed by atoms with van der Waals surface area (Å²) in [5.74, 6) is 5.63. The van der Waals surface area contributed by atoms with Gasteiger partial charge in [-0.3, -0.25) is 4.79 Å². The molecule has 0 saturated heterocycles. The highest BCUT2D eigenvalue weighted by Crippen LogP contribution is 2.66. The molecule has 1 heteroatoms. The van der Waals surface area contributed by atoms with E-state index >= 15 is 0 Å². The molecule has 4 aliphatic rings. The van der Waals surface area contributed by atoms with Gasteiger partial charge in [-0.2, -0.15) is 0 Å². The van der Waals surface area contributed by atoms with Crippen molar-refractivity contribution in [2.24, 2.45) is 52.3 Å². The smallest absolute Gasteiger partial charge is 0.133 e. The van der Waals surface area contributed by atoms with E-state index in [2.05, 4.69) is 59.8 Å². The van der Waals surface area contributed by atoms with E-state index in [0.29, 0.717) is 28.4 Å². The van der Waals surface area contributed by atoms with Crippen molar-refractivity contribution < 1.29 is 4.79 Å². The zero-order valence-corrected chi connectivity index (χ0v) is 20.5. The van der Waals surface area contributed by atoms with Gasteiger partial charge in [-0.1, -0.05) is 65.3 Å². The van der Waals surface area contributed by atoms with Crippen molar-refractivity contribution in [3.63, 3.8) is 0 Å². The molecule has 30 heavy (non-hydrogen) atoms. The van der Waals surface area contributed by atoms with Gasteiger partial charge >= 0.3 is 0 Å². The van der Waals surface area contributed by atoms with Gasteiger partial charge in [-0.25, -0.2) is 0 Å². The van der Waals surface area contributed by atoms with Crippen LogP contribution in [0.5, 0.6) is 0 Å². The lowest BCUT2D eigenvalue weighted by molar-refractivity contribution is -0.127. The molecule has 0 radical (unpaired) electrons. The monoisotopic (exact) mass is 410 g/mol. The molecule has 0 heterocycles. The Balaban J connectivity index is 1.54. The van der Waals surface area contributed by atoms with Gasteiger partial charge in [0, 0.05) is 12.8 Å². The molecular formula is C29H46O. The molecule has 8 atom stereocenters. The maximum absolute atomic E-state index is 12.1. The molecular weight excluding hydrogens is 364 g/mol. The van der Waals surface area contributed by atoms with Crippen LogP contribution in [0.25, 0.3) is 0 Å². The number of fused-ring (bicyclic) bond motifs is 5. The van der Waals surface area contributed by atoms with Gasteiger partial charge < -0.3 is 0 Å². The molecule has 3 saturated carbocycles. The predicted octanol–water partition coefficient (Wildman–Crippen LogP) is 8.01. The van der Waals surface area contributed by atoms with Crippen LogP contribution in [0.4, 0.5) is 0 Å². The summed E-state index contributed by atoms with van der Waals surface area (Å²) in [5.41, 5.74) is 2.68. The molecule has 0 aromatic carbocycles. The molecule has 0 aromatic rings. The van der Waals surface area contributed by atoms with Crippen LogP contribution in [0.3, 0.4) is 0 Å². The van der Waals surface area contributed by atoms with Gasteiger partial charge in [-0.05, 0) is 97.2 Å². The van der Waals surface area contributed by atoms with E-state index in [1.54, 1.807) is 0 Å². The van der Waals surface area contributed by atoms with Crippen molar-refractivity contribution in [2.45, 2.75) is 99.3 Å². The van der Waals surface area contributed by atoms with Crippen molar-refractivity contribution in [3.8, 4) is 0 Å². The van der Waals surface area contributed by atoms with Gasteiger partial charge in [0.1, 0.15) is 5.78 Å². The summed E-state index contributed by atoms with van der Waals surface area (Å²) in [6.45, 7) is 14.7. The molecule has 1 nitrogen and oxygen atoms in total. The van der Waals surface area contributed by atoms with Crippen molar-refractivity contribution in [2.75, 3.05) is 0 Å². The summed E-state index contributed by atoms with van der Waals surface area (Å²) >= 11 is 0. The first kappa shape index (κ1) is 22.3. The van der Waals surface area contributed by atoms with Gasteiger partial charge in [-0.15, -0.1) is 0 Å². The molecule has 0 N–H and O–H groups in total. The average molecular weight is 411 g/mol. The fourth-order valence-corrected chi connectivity index (χ4v) is 8.49. The number of hydrogen-bond acceptors (Lipinski definition) is 1. The van der Waals surface area contributed by atoms with Gasteiger partial charge in [0.25, 0.3) is 0 Å². The molecule has 0 spiro atoms. The summed E-state index contributed by atoms with van der Waals surface area (Å²) in [5, 5.41) is 0. The van der Waals surface area contributed by atoms with Crippen molar-refractivity contribution >= 4 is 5.78 Å². The third-order valence-electron chi connectivity index (χ3n) is 10.6. The van der Waals surface area contributed by atoms with Crippen LogP contribution in [0, 0.1) is 52.3 Å². The second kappa shape index (κ2) is 8.25. The molecule has 4 rings (SSSR count). The van der Waals surface area contributed by atoms with Gasteiger partial charge in [0.2, 0.25) is 0 Å². The summed E-state index contributed by atoms with van der Waals surface area (Å²) in [7, 11) is 0. The Hall–Kier alpha value is -0.850. The van der Waals surface area contributed by atoms with E-state index in [-0.39, 0.29) is 0 Å². The maximum atomic E-state index is 12.1. The lowest BCUT2D eigenvalue weighted by atomic mass is 9.48. The molecule has 4 aliphatic carbocycles. The standard InChI is InChI=1S/C29H46O/c1-7-21(19(2)3)9-8-20(4)25-12-13-26-24-11-10-22-18-23(30)14-16-28(22,5)27(24)15-17-29(25,26)6/h8-9,11,19-22,25-27H,7,10,12-18H2,1-6H3/b9-8+/t20-,21+,22+,25-,26+,27+,28+,29-/m1/s1. The minimum absolute atomic E-state index is 0.383. The van der Waals surface area contributed by atoms with E-state index in [9.17, 15) is 4.79 Å². The number of rotatable bonds is 5. The first-order valence-electron chi connectivity index (χ1n) is 13.1. The van der Waals surface area contributed by atoms with Crippen molar-refractivity contribution in [1.82, 2.24) is 0 Å². The van der Waals surface area contributed by atoms with Crippen LogP contribution >= 0.6 is 0 Å². The molecule has 168 valence electrons. The zero-order chi connectivity index (χ0) is 21.7. The molecule has 0 bridgehead atoms. The van der Waals surface area contributed by atoms with Crippen LogP contribution in [0.15, 0.2) is 23.8 Å². The SMILES string of the molecule is CC[C@@H](/C=C/[C@@H](C)[C@H]1CC[C@H]2C3=CC[C@H]4CC(=O)CC[C@]4(C)[C@H]3CC[C@]12C)C(C)C. The van der Waals surface area contributed by atoms with Gasteiger partial charge in [0.05, 0.1) is 0 Å². The molecule has 0 unspecified atom stereocenters. The summed E-state index contributed by atoms with van der Waals surface area (Å²) < 4.78 is 0. The summed E-state index contributed by atoms with van der Waals surface area (Å²) in [6.07, 6.45) is 18.5. The molecule has 0 aromatic heterocycles. The van der Waals surface area contributed by atoms with E-state index < -0.39 is 0 Å². The van der Waals surface area contributed by atoms with E-state index in [4.69, 9.17) is 0 Å². The Morgan fingerprint density at radius 2 is 1.77 bits per heavy atom. The van der Waals surface area contributed by atoms with Crippen LogP contribution in [0.1, 0.15) is 99.3 Å². The minimum atomic E-state index is 0.383. The van der Waals surface area contributed by atoms with Crippen LogP contribution in [0.2, 0.25) is 0 Å². The second-order valence-electron chi connectivity index (χ2n) is 12.3. The second-order valence-corrected chi connectivity index (χ2v) is 12.3. The first-order valence-corrected chi connectivity index (χ1v) is 13.1. The molecule has 0 aliphatic heterocycles. The summed E-state index contributed by atoms with van der Waals surface area (Å²) in [4.78, 5) is 12.1. The highest BCUT2D eigenvalue weighted by molar-refractivity contribution is 5.79. The maximum Gasteiger partial charge on any atom is 0.133 e. The normalized spacial score (nSPS) is 43.2. The fourth-order valence-electron chi connectivity index (χ4n) is 8.49.